The van der Waals surface area contributed by atoms with Crippen LogP contribution in [0.5, 0.6) is 0 Å². The van der Waals surface area contributed by atoms with Crippen LogP contribution >= 0.6 is 34.9 Å². The van der Waals surface area contributed by atoms with E-state index in [9.17, 15) is 24.3 Å². The summed E-state index contributed by atoms with van der Waals surface area (Å²) in [6, 6.07) is 2.97. The van der Waals surface area contributed by atoms with E-state index in [4.69, 9.17) is 0 Å². The number of rotatable bonds is 7. The van der Waals surface area contributed by atoms with Gasteiger partial charge in [-0.1, -0.05) is 13.0 Å². The molecule has 4 rings (SSSR count). The van der Waals surface area contributed by atoms with E-state index in [1.807, 2.05) is 17.5 Å². The zero-order valence-corrected chi connectivity index (χ0v) is 18.9. The summed E-state index contributed by atoms with van der Waals surface area (Å²) in [4.78, 5) is 51.6. The fraction of sp³-hybridized carbons (Fsp3) is 0.368. The molecular formula is C19H20N4O5S3. The fourth-order valence-electron chi connectivity index (χ4n) is 3.43. The number of carboxylic acids is 1. The molecule has 31 heavy (non-hydrogen) atoms. The number of hydrazine groups is 1. The van der Waals surface area contributed by atoms with E-state index in [1.54, 1.807) is 18.1 Å². The molecular weight excluding hydrogens is 460 g/mol. The summed E-state index contributed by atoms with van der Waals surface area (Å²) >= 11 is 4.29. The summed E-state index contributed by atoms with van der Waals surface area (Å²) in [7, 11) is 0. The predicted octanol–water partition coefficient (Wildman–Crippen LogP) is 1.32. The Hall–Kier alpha value is -2.44. The highest BCUT2D eigenvalue weighted by atomic mass is 32.2. The number of fused-ring (bicyclic) bond motifs is 1. The highest BCUT2D eigenvalue weighted by Gasteiger charge is 2.54. The molecule has 0 aromatic carbocycles. The molecule has 0 radical (unpaired) electrons. The average Bonchev–Trinajstić information content (AvgIpc) is 3.42. The Balaban J connectivity index is 1.49. The van der Waals surface area contributed by atoms with Gasteiger partial charge in [-0.2, -0.15) is 0 Å². The van der Waals surface area contributed by atoms with Crippen molar-refractivity contribution in [1.82, 2.24) is 20.7 Å². The Morgan fingerprint density at radius 3 is 2.77 bits per heavy atom. The van der Waals surface area contributed by atoms with Gasteiger partial charge < -0.3 is 10.4 Å². The largest absolute Gasteiger partial charge is 0.477 e. The first-order valence-corrected chi connectivity index (χ1v) is 12.4. The number of aliphatic carboxylic acids is 1. The number of carbonyl (C=O) groups is 4. The van der Waals surface area contributed by atoms with Gasteiger partial charge in [-0.05, 0) is 11.4 Å². The summed E-state index contributed by atoms with van der Waals surface area (Å²) in [6.45, 7) is 1.75. The molecule has 9 nitrogen and oxygen atoms in total. The van der Waals surface area contributed by atoms with Crippen LogP contribution in [-0.4, -0.2) is 61.8 Å². The van der Waals surface area contributed by atoms with Gasteiger partial charge in [0.2, 0.25) is 11.8 Å². The van der Waals surface area contributed by atoms with Crippen molar-refractivity contribution in [2.45, 2.75) is 31.2 Å². The second-order valence-electron chi connectivity index (χ2n) is 6.97. The molecule has 3 amide bonds. The lowest BCUT2D eigenvalue weighted by Crippen LogP contribution is -2.70. The van der Waals surface area contributed by atoms with Gasteiger partial charge >= 0.3 is 5.97 Å². The Kier molecular flexibility index (Phi) is 6.30. The summed E-state index contributed by atoms with van der Waals surface area (Å²) in [6.07, 6.45) is 2.23. The lowest BCUT2D eigenvalue weighted by Gasteiger charge is -2.49. The molecule has 1 saturated heterocycles. The van der Waals surface area contributed by atoms with Gasteiger partial charge in [0.25, 0.3) is 5.91 Å². The Morgan fingerprint density at radius 2 is 2.10 bits per heavy atom. The first kappa shape index (κ1) is 21.8. The zero-order chi connectivity index (χ0) is 22.1. The number of hydrogen-bond acceptors (Lipinski definition) is 8. The van der Waals surface area contributed by atoms with Gasteiger partial charge in [0.1, 0.15) is 17.1 Å². The molecule has 0 bridgehead atoms. The van der Waals surface area contributed by atoms with Crippen LogP contribution in [0.4, 0.5) is 0 Å². The van der Waals surface area contributed by atoms with Gasteiger partial charge in [-0.25, -0.2) is 4.79 Å². The second-order valence-corrected chi connectivity index (χ2v) is 10.1. The van der Waals surface area contributed by atoms with Crippen LogP contribution in [0.1, 0.15) is 18.2 Å². The third kappa shape index (κ3) is 4.32. The lowest BCUT2D eigenvalue weighted by molar-refractivity contribution is -0.150. The number of thioether (sulfide) groups is 2. The van der Waals surface area contributed by atoms with E-state index in [-0.39, 0.29) is 23.9 Å². The summed E-state index contributed by atoms with van der Waals surface area (Å²) in [5.41, 5.74) is 3.21. The van der Waals surface area contributed by atoms with E-state index in [0.29, 0.717) is 28.5 Å². The summed E-state index contributed by atoms with van der Waals surface area (Å²) in [5.74, 6) is -1.16. The van der Waals surface area contributed by atoms with E-state index in [0.717, 1.165) is 4.88 Å². The minimum Gasteiger partial charge on any atom is -0.477 e. The number of nitrogens with one attached hydrogen (secondary N) is 2. The first-order chi connectivity index (χ1) is 14.9. The standard InChI is InChI=1S/C19H20N4O5S3/c1-2-13(24)21-22-7-12(31-9-22)11-8-30-18-15(17(26)23(18)16(11)19(27)28)20-14(25)6-10-4-3-5-29-10/h3-5,7,15,18H,2,6,8-9H2,1H3,(H,20,25)(H,21,24)(H,27,28). The Bertz CT molecular complexity index is 991. The molecule has 164 valence electrons. The number of nitrogens with zero attached hydrogens (tertiary/aromatic N) is 2. The smallest absolute Gasteiger partial charge is 0.353 e. The van der Waals surface area contributed by atoms with Gasteiger partial charge in [0, 0.05) is 33.7 Å². The van der Waals surface area contributed by atoms with Crippen LogP contribution < -0.4 is 10.7 Å². The van der Waals surface area contributed by atoms with E-state index in [1.165, 1.54) is 39.8 Å². The molecule has 3 N–H and O–H groups in total. The van der Waals surface area contributed by atoms with Crippen LogP contribution in [0.15, 0.2) is 39.9 Å². The number of carbonyl (C=O) groups excluding carboxylic acids is 3. The van der Waals surface area contributed by atoms with Gasteiger partial charge in [-0.3, -0.25) is 29.7 Å². The fourth-order valence-corrected chi connectivity index (χ4v) is 6.55. The van der Waals surface area contributed by atoms with Crippen LogP contribution in [0.25, 0.3) is 0 Å². The van der Waals surface area contributed by atoms with Crippen LogP contribution in [0.2, 0.25) is 0 Å². The van der Waals surface area contributed by atoms with E-state index >= 15 is 0 Å². The molecule has 1 fully saturated rings. The molecule has 0 saturated carbocycles. The van der Waals surface area contributed by atoms with Crippen molar-refractivity contribution in [2.75, 3.05) is 11.6 Å². The van der Waals surface area contributed by atoms with Gasteiger partial charge in [0.15, 0.2) is 0 Å². The minimum atomic E-state index is -1.19. The summed E-state index contributed by atoms with van der Waals surface area (Å²) < 4.78 is 0. The molecule has 0 aliphatic carbocycles. The van der Waals surface area contributed by atoms with Crippen molar-refractivity contribution in [2.24, 2.45) is 0 Å². The monoisotopic (exact) mass is 480 g/mol. The highest BCUT2D eigenvalue weighted by Crippen LogP contribution is 2.45. The summed E-state index contributed by atoms with van der Waals surface area (Å²) in [5, 5.41) is 15.6. The molecule has 1 aromatic heterocycles. The number of amides is 3. The SMILES string of the molecule is CCC(=O)NN1C=C(C2=C(C(=O)O)N3C(=O)C(NC(=O)Cc4cccs4)C3SC2)SC1. The average molecular weight is 481 g/mol. The van der Waals surface area contributed by atoms with Crippen LogP contribution in [0.3, 0.4) is 0 Å². The molecule has 0 spiro atoms. The molecule has 3 aliphatic heterocycles. The van der Waals surface area contributed by atoms with Crippen LogP contribution in [0, 0.1) is 0 Å². The number of carboxylic acid groups (broad SMARTS) is 1. The van der Waals surface area contributed by atoms with E-state index < -0.39 is 23.3 Å². The van der Waals surface area contributed by atoms with Gasteiger partial charge in [-0.15, -0.1) is 34.9 Å². The molecule has 4 heterocycles. The number of hydrogen-bond donors (Lipinski definition) is 3. The predicted molar refractivity (Wildman–Crippen MR) is 119 cm³/mol. The first-order valence-electron chi connectivity index (χ1n) is 9.53. The maximum absolute atomic E-state index is 12.8. The third-order valence-corrected chi connectivity index (χ3v) is 8.15. The molecule has 2 atom stereocenters. The lowest BCUT2D eigenvalue weighted by atomic mass is 10.0. The molecule has 12 heteroatoms. The van der Waals surface area contributed by atoms with E-state index in [2.05, 4.69) is 10.7 Å². The maximum Gasteiger partial charge on any atom is 0.353 e. The number of thiophene rings is 1. The van der Waals surface area contributed by atoms with Crippen molar-refractivity contribution >= 4 is 58.6 Å². The third-order valence-electron chi connectivity index (χ3n) is 4.92. The van der Waals surface area contributed by atoms with Crippen molar-refractivity contribution in [3.05, 3.63) is 44.8 Å². The van der Waals surface area contributed by atoms with Gasteiger partial charge in [0.05, 0.1) is 12.3 Å². The maximum atomic E-state index is 12.8. The van der Waals surface area contributed by atoms with Crippen LogP contribution in [-0.2, 0) is 25.6 Å². The zero-order valence-electron chi connectivity index (χ0n) is 16.5. The molecule has 2 unspecified atom stereocenters. The quantitative estimate of drug-likeness (QED) is 0.500. The molecule has 3 aliphatic rings. The Morgan fingerprint density at radius 1 is 1.29 bits per heavy atom. The normalized spacial score (nSPS) is 22.6. The highest BCUT2D eigenvalue weighted by molar-refractivity contribution is 8.03. The van der Waals surface area contributed by atoms with Crippen molar-refractivity contribution < 1.29 is 24.3 Å². The minimum absolute atomic E-state index is 0.0556. The topological polar surface area (TPSA) is 119 Å². The molecule has 1 aromatic rings. The van der Waals surface area contributed by atoms with Crippen molar-refractivity contribution in [1.29, 1.82) is 0 Å². The van der Waals surface area contributed by atoms with Crippen molar-refractivity contribution in [3.8, 4) is 0 Å². The number of allylic oxidation sites excluding steroid dienone is 1. The number of β-lactam (4-membered cyclic amide) rings is 1. The second kappa shape index (κ2) is 8.97. The Labute approximate surface area is 190 Å². The van der Waals surface area contributed by atoms with Crippen molar-refractivity contribution in [3.63, 3.8) is 0 Å².